The number of amides is 2. The van der Waals surface area contributed by atoms with E-state index in [9.17, 15) is 24.1 Å². The number of halogens is 1. The zero-order valence-corrected chi connectivity index (χ0v) is 17.5. The fourth-order valence-electron chi connectivity index (χ4n) is 3.54. The largest absolute Gasteiger partial charge is 0.368 e. The fraction of sp³-hybridized carbons (Fsp3) is 0.364. The molecule has 2 amide bonds. The molecule has 0 aromatic heterocycles. The van der Waals surface area contributed by atoms with Crippen molar-refractivity contribution in [3.8, 4) is 0 Å². The molecule has 1 aliphatic rings. The fourth-order valence-corrected chi connectivity index (χ4v) is 3.54. The van der Waals surface area contributed by atoms with Gasteiger partial charge < -0.3 is 15.1 Å². The van der Waals surface area contributed by atoms with E-state index in [2.05, 4.69) is 10.2 Å². The molecule has 2 aromatic rings. The van der Waals surface area contributed by atoms with Gasteiger partial charge in [0.15, 0.2) is 0 Å². The Bertz CT molecular complexity index is 956. The minimum atomic E-state index is -0.766. The molecule has 8 nitrogen and oxygen atoms in total. The highest BCUT2D eigenvalue weighted by atomic mass is 19.1. The van der Waals surface area contributed by atoms with Crippen molar-refractivity contribution in [1.29, 1.82) is 0 Å². The molecular weight excluding hydrogens is 403 g/mol. The molecule has 1 atom stereocenters. The predicted molar refractivity (Wildman–Crippen MR) is 114 cm³/mol. The average Bonchev–Trinajstić information content (AvgIpc) is 2.77. The summed E-state index contributed by atoms with van der Waals surface area (Å²) in [4.78, 5) is 39.7. The number of non-ortho nitro benzene ring substituents is 1. The van der Waals surface area contributed by atoms with Crippen LogP contribution in [0.15, 0.2) is 48.5 Å². The van der Waals surface area contributed by atoms with Crippen molar-refractivity contribution in [3.05, 3.63) is 70.0 Å². The lowest BCUT2D eigenvalue weighted by molar-refractivity contribution is -0.384. The third-order valence-corrected chi connectivity index (χ3v) is 5.35. The van der Waals surface area contributed by atoms with Crippen LogP contribution in [-0.2, 0) is 4.79 Å². The first-order valence-corrected chi connectivity index (χ1v) is 10.1. The molecule has 164 valence electrons. The summed E-state index contributed by atoms with van der Waals surface area (Å²) in [6, 6.07) is 11.2. The van der Waals surface area contributed by atoms with Gasteiger partial charge in [-0.2, -0.15) is 0 Å². The maximum atomic E-state index is 13.9. The van der Waals surface area contributed by atoms with E-state index < -0.39 is 22.7 Å². The van der Waals surface area contributed by atoms with Gasteiger partial charge in [0.25, 0.3) is 11.6 Å². The molecule has 2 aromatic carbocycles. The summed E-state index contributed by atoms with van der Waals surface area (Å²) in [5.74, 6) is -1.62. The summed E-state index contributed by atoms with van der Waals surface area (Å²) in [5.41, 5.74) is 0.790. The lowest BCUT2D eigenvalue weighted by Crippen LogP contribution is -2.56. The molecule has 1 heterocycles. The Labute approximate surface area is 179 Å². The van der Waals surface area contributed by atoms with Gasteiger partial charge in [0.1, 0.15) is 11.9 Å². The van der Waals surface area contributed by atoms with Gasteiger partial charge in [0.2, 0.25) is 5.91 Å². The van der Waals surface area contributed by atoms with E-state index in [4.69, 9.17) is 0 Å². The number of hydrogen-bond acceptors (Lipinski definition) is 5. The molecule has 1 unspecified atom stereocenters. The highest BCUT2D eigenvalue weighted by molar-refractivity contribution is 5.97. The van der Waals surface area contributed by atoms with Crippen molar-refractivity contribution in [3.63, 3.8) is 0 Å². The summed E-state index contributed by atoms with van der Waals surface area (Å²) >= 11 is 0. The Morgan fingerprint density at radius 1 is 1.03 bits per heavy atom. The van der Waals surface area contributed by atoms with E-state index in [0.29, 0.717) is 26.2 Å². The summed E-state index contributed by atoms with van der Waals surface area (Å²) in [7, 11) is 0. The van der Waals surface area contributed by atoms with Gasteiger partial charge in [-0.3, -0.25) is 19.7 Å². The van der Waals surface area contributed by atoms with Crippen LogP contribution in [0.4, 0.5) is 15.8 Å². The normalized spacial score (nSPS) is 15.0. The van der Waals surface area contributed by atoms with Crippen LogP contribution in [-0.4, -0.2) is 53.9 Å². The van der Waals surface area contributed by atoms with E-state index in [0.717, 1.165) is 5.69 Å². The first kappa shape index (κ1) is 22.2. The van der Waals surface area contributed by atoms with Crippen molar-refractivity contribution in [2.45, 2.75) is 19.9 Å². The van der Waals surface area contributed by atoms with Gasteiger partial charge in [0.05, 0.1) is 10.5 Å². The summed E-state index contributed by atoms with van der Waals surface area (Å²) in [6.45, 7) is 5.70. The molecule has 3 rings (SSSR count). The summed E-state index contributed by atoms with van der Waals surface area (Å²) in [6.07, 6.45) is 0. The topological polar surface area (TPSA) is 95.8 Å². The Balaban J connectivity index is 1.62. The Morgan fingerprint density at radius 3 is 2.19 bits per heavy atom. The van der Waals surface area contributed by atoms with Gasteiger partial charge in [-0.15, -0.1) is 0 Å². The molecule has 1 fully saturated rings. The Kier molecular flexibility index (Phi) is 6.84. The first-order chi connectivity index (χ1) is 14.8. The second-order valence-corrected chi connectivity index (χ2v) is 7.76. The molecule has 0 radical (unpaired) electrons. The average molecular weight is 428 g/mol. The van der Waals surface area contributed by atoms with Gasteiger partial charge >= 0.3 is 0 Å². The molecule has 0 saturated carbocycles. The highest BCUT2D eigenvalue weighted by Crippen LogP contribution is 2.21. The van der Waals surface area contributed by atoms with Crippen LogP contribution >= 0.6 is 0 Å². The SMILES string of the molecule is CC(C)C(NC(=O)c1ccccc1F)C(=O)N1CCN(c2ccc([N+](=O)[O-])cc2)CC1. The van der Waals surface area contributed by atoms with Crippen LogP contribution < -0.4 is 10.2 Å². The lowest BCUT2D eigenvalue weighted by atomic mass is 10.0. The molecule has 0 aliphatic carbocycles. The predicted octanol–water partition coefficient (Wildman–Crippen LogP) is 2.84. The molecule has 9 heteroatoms. The van der Waals surface area contributed by atoms with E-state index >= 15 is 0 Å². The van der Waals surface area contributed by atoms with Crippen molar-refractivity contribution in [2.24, 2.45) is 5.92 Å². The number of nitrogens with one attached hydrogen (secondary N) is 1. The first-order valence-electron chi connectivity index (χ1n) is 10.1. The number of piperazine rings is 1. The minimum absolute atomic E-state index is 0.0305. The minimum Gasteiger partial charge on any atom is -0.368 e. The van der Waals surface area contributed by atoms with Gasteiger partial charge in [-0.25, -0.2) is 4.39 Å². The van der Waals surface area contributed by atoms with Gasteiger partial charge in [-0.05, 0) is 30.2 Å². The third kappa shape index (κ3) is 5.17. The molecule has 1 saturated heterocycles. The van der Waals surface area contributed by atoms with Crippen LogP contribution in [0.1, 0.15) is 24.2 Å². The maximum Gasteiger partial charge on any atom is 0.269 e. The van der Waals surface area contributed by atoms with E-state index in [-0.39, 0.29) is 23.1 Å². The third-order valence-electron chi connectivity index (χ3n) is 5.35. The van der Waals surface area contributed by atoms with Crippen LogP contribution in [0.25, 0.3) is 0 Å². The van der Waals surface area contributed by atoms with Crippen molar-refractivity contribution in [2.75, 3.05) is 31.1 Å². The number of nitro groups is 1. The van der Waals surface area contributed by atoms with Crippen molar-refractivity contribution in [1.82, 2.24) is 10.2 Å². The van der Waals surface area contributed by atoms with Crippen LogP contribution in [0.5, 0.6) is 0 Å². The molecule has 0 spiro atoms. The monoisotopic (exact) mass is 428 g/mol. The van der Waals surface area contributed by atoms with Gasteiger partial charge in [-0.1, -0.05) is 26.0 Å². The number of nitrogens with zero attached hydrogens (tertiary/aromatic N) is 3. The zero-order chi connectivity index (χ0) is 22.5. The second-order valence-electron chi connectivity index (χ2n) is 7.76. The van der Waals surface area contributed by atoms with Crippen molar-refractivity contribution >= 4 is 23.2 Å². The maximum absolute atomic E-state index is 13.9. The lowest BCUT2D eigenvalue weighted by Gasteiger charge is -2.38. The number of hydrogen-bond donors (Lipinski definition) is 1. The Hall–Kier alpha value is -3.49. The van der Waals surface area contributed by atoms with E-state index in [1.165, 1.54) is 30.3 Å². The second kappa shape index (κ2) is 9.55. The quantitative estimate of drug-likeness (QED) is 0.564. The molecule has 31 heavy (non-hydrogen) atoms. The smallest absolute Gasteiger partial charge is 0.269 e. The van der Waals surface area contributed by atoms with Crippen LogP contribution in [0, 0.1) is 21.8 Å². The number of rotatable bonds is 6. The Morgan fingerprint density at radius 2 is 1.65 bits per heavy atom. The molecule has 1 aliphatic heterocycles. The molecular formula is C22H25FN4O4. The number of benzene rings is 2. The number of nitro benzene ring substituents is 1. The van der Waals surface area contributed by atoms with E-state index in [1.807, 2.05) is 13.8 Å². The number of carbonyl (C=O) groups excluding carboxylic acids is 2. The molecule has 1 N–H and O–H groups in total. The van der Waals surface area contributed by atoms with Crippen LogP contribution in [0.3, 0.4) is 0 Å². The zero-order valence-electron chi connectivity index (χ0n) is 17.5. The van der Waals surface area contributed by atoms with E-state index in [1.54, 1.807) is 23.1 Å². The highest BCUT2D eigenvalue weighted by Gasteiger charge is 2.31. The summed E-state index contributed by atoms with van der Waals surface area (Å²) in [5, 5.41) is 13.5. The number of carbonyl (C=O) groups is 2. The van der Waals surface area contributed by atoms with Crippen molar-refractivity contribution < 1.29 is 18.9 Å². The molecule has 0 bridgehead atoms. The standard InChI is InChI=1S/C22H25FN4O4/c1-15(2)20(24-21(28)18-5-3-4-6-19(18)23)22(29)26-13-11-25(12-14-26)16-7-9-17(10-8-16)27(30)31/h3-10,15,20H,11-14H2,1-2H3,(H,24,28). The van der Waals surface area contributed by atoms with Gasteiger partial charge in [0, 0.05) is 44.0 Å². The summed E-state index contributed by atoms with van der Waals surface area (Å²) < 4.78 is 13.9. The van der Waals surface area contributed by atoms with Crippen LogP contribution in [0.2, 0.25) is 0 Å². The number of anilines is 1.